The van der Waals surface area contributed by atoms with Gasteiger partial charge in [0.15, 0.2) is 0 Å². The summed E-state index contributed by atoms with van der Waals surface area (Å²) in [4.78, 5) is 25.2. The van der Waals surface area contributed by atoms with Crippen LogP contribution in [0.3, 0.4) is 0 Å². The zero-order chi connectivity index (χ0) is 15.2. The molecule has 5 nitrogen and oxygen atoms in total. The van der Waals surface area contributed by atoms with Gasteiger partial charge in [0, 0.05) is 31.1 Å². The topological polar surface area (TPSA) is 61.4 Å². The lowest BCUT2D eigenvalue weighted by atomic mass is 10.1. The van der Waals surface area contributed by atoms with Crippen LogP contribution in [0.25, 0.3) is 0 Å². The maximum absolute atomic E-state index is 11.9. The summed E-state index contributed by atoms with van der Waals surface area (Å²) in [7, 11) is 0. The molecule has 0 unspecified atom stereocenters. The molecule has 1 aromatic carbocycles. The SMILES string of the molecule is CCNC(=O)N[C@H]1CC(=O)N(CCc2cccc(Cl)c2)C1. The Labute approximate surface area is 129 Å². The maximum Gasteiger partial charge on any atom is 0.315 e. The van der Waals surface area contributed by atoms with Gasteiger partial charge in [0.05, 0.1) is 6.04 Å². The van der Waals surface area contributed by atoms with Crippen molar-refractivity contribution in [1.29, 1.82) is 0 Å². The highest BCUT2D eigenvalue weighted by molar-refractivity contribution is 6.30. The fraction of sp³-hybridized carbons (Fsp3) is 0.467. The van der Waals surface area contributed by atoms with Gasteiger partial charge >= 0.3 is 6.03 Å². The summed E-state index contributed by atoms with van der Waals surface area (Å²) in [5.74, 6) is 0.0822. The van der Waals surface area contributed by atoms with Crippen LogP contribution in [-0.2, 0) is 11.2 Å². The van der Waals surface area contributed by atoms with Crippen LogP contribution < -0.4 is 10.6 Å². The van der Waals surface area contributed by atoms with Gasteiger partial charge < -0.3 is 15.5 Å². The van der Waals surface area contributed by atoms with Crippen LogP contribution in [-0.4, -0.2) is 42.5 Å². The summed E-state index contributed by atoms with van der Waals surface area (Å²) in [5, 5.41) is 6.19. The Morgan fingerprint density at radius 1 is 1.48 bits per heavy atom. The second-order valence-corrected chi connectivity index (χ2v) is 5.56. The van der Waals surface area contributed by atoms with Crippen LogP contribution in [0.4, 0.5) is 4.79 Å². The first-order valence-electron chi connectivity index (χ1n) is 7.15. The molecule has 114 valence electrons. The number of likely N-dealkylation sites (tertiary alicyclic amines) is 1. The van der Waals surface area contributed by atoms with Crippen molar-refractivity contribution in [3.05, 3.63) is 34.9 Å². The third kappa shape index (κ3) is 4.63. The second-order valence-electron chi connectivity index (χ2n) is 5.12. The number of hydrogen-bond donors (Lipinski definition) is 2. The molecular formula is C15H20ClN3O2. The predicted molar refractivity (Wildman–Crippen MR) is 82.3 cm³/mol. The third-order valence-corrected chi connectivity index (χ3v) is 3.68. The van der Waals surface area contributed by atoms with Crippen molar-refractivity contribution >= 4 is 23.5 Å². The Balaban J connectivity index is 1.82. The van der Waals surface area contributed by atoms with E-state index < -0.39 is 0 Å². The first-order chi connectivity index (χ1) is 10.1. The zero-order valence-corrected chi connectivity index (χ0v) is 12.8. The molecule has 1 aliphatic heterocycles. The van der Waals surface area contributed by atoms with Gasteiger partial charge in [-0.15, -0.1) is 0 Å². The molecule has 0 aromatic heterocycles. The van der Waals surface area contributed by atoms with E-state index in [2.05, 4.69) is 10.6 Å². The first kappa shape index (κ1) is 15.6. The summed E-state index contributed by atoms with van der Waals surface area (Å²) in [5.41, 5.74) is 1.11. The van der Waals surface area contributed by atoms with Crippen molar-refractivity contribution in [3.63, 3.8) is 0 Å². The Morgan fingerprint density at radius 2 is 2.29 bits per heavy atom. The molecule has 1 saturated heterocycles. The second kappa shape index (κ2) is 7.31. The van der Waals surface area contributed by atoms with Gasteiger partial charge in [-0.1, -0.05) is 23.7 Å². The standard InChI is InChI=1S/C15H20ClN3O2/c1-2-17-15(21)18-13-9-14(20)19(10-13)7-6-11-4-3-5-12(16)8-11/h3-5,8,13H,2,6-7,9-10H2,1H3,(H2,17,18,21)/t13-/m0/s1. The van der Waals surface area contributed by atoms with Gasteiger partial charge in [-0.2, -0.15) is 0 Å². The van der Waals surface area contributed by atoms with Crippen molar-refractivity contribution in [2.24, 2.45) is 0 Å². The Bertz CT molecular complexity index is 521. The molecule has 1 aliphatic rings. The van der Waals surface area contributed by atoms with Crippen molar-refractivity contribution in [2.75, 3.05) is 19.6 Å². The highest BCUT2D eigenvalue weighted by Crippen LogP contribution is 2.14. The average Bonchev–Trinajstić information content (AvgIpc) is 2.77. The molecule has 6 heteroatoms. The molecule has 21 heavy (non-hydrogen) atoms. The number of rotatable bonds is 5. The Morgan fingerprint density at radius 3 is 3.00 bits per heavy atom. The van der Waals surface area contributed by atoms with Crippen LogP contribution in [0.5, 0.6) is 0 Å². The van der Waals surface area contributed by atoms with E-state index >= 15 is 0 Å². The van der Waals surface area contributed by atoms with E-state index in [1.54, 1.807) is 4.90 Å². The van der Waals surface area contributed by atoms with Crippen LogP contribution >= 0.6 is 11.6 Å². The molecule has 1 atom stereocenters. The van der Waals surface area contributed by atoms with E-state index in [1.807, 2.05) is 31.2 Å². The minimum absolute atomic E-state index is 0.0822. The lowest BCUT2D eigenvalue weighted by Crippen LogP contribution is -2.43. The van der Waals surface area contributed by atoms with E-state index in [9.17, 15) is 9.59 Å². The van der Waals surface area contributed by atoms with E-state index in [0.717, 1.165) is 12.0 Å². The number of hydrogen-bond acceptors (Lipinski definition) is 2. The lowest BCUT2D eigenvalue weighted by Gasteiger charge is -2.17. The number of carbonyl (C=O) groups is 2. The van der Waals surface area contributed by atoms with Crippen molar-refractivity contribution in [3.8, 4) is 0 Å². The normalized spacial score (nSPS) is 17.9. The lowest BCUT2D eigenvalue weighted by molar-refractivity contribution is -0.127. The maximum atomic E-state index is 11.9. The number of benzene rings is 1. The van der Waals surface area contributed by atoms with E-state index in [-0.39, 0.29) is 18.0 Å². The fourth-order valence-electron chi connectivity index (χ4n) is 2.44. The molecule has 2 rings (SSSR count). The van der Waals surface area contributed by atoms with Gasteiger partial charge in [-0.25, -0.2) is 4.79 Å². The number of halogens is 1. The smallest absolute Gasteiger partial charge is 0.315 e. The Kier molecular flexibility index (Phi) is 5.44. The van der Waals surface area contributed by atoms with Crippen LogP contribution in [0, 0.1) is 0 Å². The first-order valence-corrected chi connectivity index (χ1v) is 7.53. The predicted octanol–water partition coefficient (Wildman–Crippen LogP) is 1.80. The third-order valence-electron chi connectivity index (χ3n) is 3.45. The minimum atomic E-state index is -0.216. The highest BCUT2D eigenvalue weighted by atomic mass is 35.5. The summed E-state index contributed by atoms with van der Waals surface area (Å²) < 4.78 is 0. The van der Waals surface area contributed by atoms with Crippen molar-refractivity contribution in [2.45, 2.75) is 25.8 Å². The van der Waals surface area contributed by atoms with Gasteiger partial charge in [0.2, 0.25) is 5.91 Å². The quantitative estimate of drug-likeness (QED) is 0.871. The summed E-state index contributed by atoms with van der Waals surface area (Å²) in [6.07, 6.45) is 1.13. The van der Waals surface area contributed by atoms with Gasteiger partial charge in [-0.3, -0.25) is 4.79 Å². The summed E-state index contributed by atoms with van der Waals surface area (Å²) >= 11 is 5.94. The number of nitrogens with one attached hydrogen (secondary N) is 2. The van der Waals surface area contributed by atoms with Gasteiger partial charge in [0.1, 0.15) is 0 Å². The van der Waals surface area contributed by atoms with Crippen molar-refractivity contribution in [1.82, 2.24) is 15.5 Å². The Hall–Kier alpha value is -1.75. The molecule has 0 aliphatic carbocycles. The molecular weight excluding hydrogens is 290 g/mol. The minimum Gasteiger partial charge on any atom is -0.340 e. The fourth-order valence-corrected chi connectivity index (χ4v) is 2.65. The highest BCUT2D eigenvalue weighted by Gasteiger charge is 2.30. The van der Waals surface area contributed by atoms with E-state index in [0.29, 0.717) is 31.1 Å². The molecule has 0 bridgehead atoms. The largest absolute Gasteiger partial charge is 0.340 e. The average molecular weight is 310 g/mol. The van der Waals surface area contributed by atoms with Gasteiger partial charge in [-0.05, 0) is 31.0 Å². The number of amides is 3. The summed E-state index contributed by atoms with van der Waals surface area (Å²) in [6.45, 7) is 3.64. The number of nitrogens with zero attached hydrogens (tertiary/aromatic N) is 1. The zero-order valence-electron chi connectivity index (χ0n) is 12.1. The molecule has 3 amide bonds. The number of urea groups is 1. The van der Waals surface area contributed by atoms with Crippen molar-refractivity contribution < 1.29 is 9.59 Å². The molecule has 0 radical (unpaired) electrons. The molecule has 0 saturated carbocycles. The van der Waals surface area contributed by atoms with Gasteiger partial charge in [0.25, 0.3) is 0 Å². The van der Waals surface area contributed by atoms with E-state index in [1.165, 1.54) is 0 Å². The van der Waals surface area contributed by atoms with Crippen LogP contribution in [0.2, 0.25) is 5.02 Å². The molecule has 1 fully saturated rings. The monoisotopic (exact) mass is 309 g/mol. The summed E-state index contributed by atoms with van der Waals surface area (Å²) in [6, 6.07) is 7.32. The molecule has 1 heterocycles. The molecule has 1 aromatic rings. The van der Waals surface area contributed by atoms with Crippen LogP contribution in [0.15, 0.2) is 24.3 Å². The van der Waals surface area contributed by atoms with Crippen LogP contribution in [0.1, 0.15) is 18.9 Å². The van der Waals surface area contributed by atoms with E-state index in [4.69, 9.17) is 11.6 Å². The number of carbonyl (C=O) groups excluding carboxylic acids is 2. The molecule has 2 N–H and O–H groups in total. The molecule has 0 spiro atoms.